The molecule has 0 radical (unpaired) electrons. The van der Waals surface area contributed by atoms with E-state index in [0.717, 1.165) is 29.6 Å². The molecule has 0 N–H and O–H groups in total. The van der Waals surface area contributed by atoms with Gasteiger partial charge in [0.1, 0.15) is 0 Å². The highest BCUT2D eigenvalue weighted by molar-refractivity contribution is 5.06. The second kappa shape index (κ2) is 8.92. The Morgan fingerprint density at radius 2 is 1.68 bits per heavy atom. The minimum Gasteiger partial charge on any atom is -0.198 e. The molecule has 25 heavy (non-hydrogen) atoms. The molecule has 0 spiro atoms. The fourth-order valence-electron chi connectivity index (χ4n) is 6.97. The number of hydrogen-bond donors (Lipinski definition) is 0. The molecule has 0 heterocycles. The number of nitrogens with zero attached hydrogens (tertiary/aromatic N) is 1. The van der Waals surface area contributed by atoms with Crippen molar-refractivity contribution in [2.24, 2.45) is 35.0 Å². The van der Waals surface area contributed by atoms with Gasteiger partial charge in [-0.25, -0.2) is 0 Å². The summed E-state index contributed by atoms with van der Waals surface area (Å²) in [5.41, 5.74) is 0.0428. The van der Waals surface area contributed by atoms with E-state index in [9.17, 15) is 5.26 Å². The molecule has 3 aliphatic rings. The molecule has 0 bridgehead atoms. The lowest BCUT2D eigenvalue weighted by atomic mass is 9.52. The molecule has 1 nitrogen and oxygen atoms in total. The van der Waals surface area contributed by atoms with Crippen LogP contribution in [-0.4, -0.2) is 0 Å². The van der Waals surface area contributed by atoms with Gasteiger partial charge in [0, 0.05) is 0 Å². The van der Waals surface area contributed by atoms with Crippen molar-refractivity contribution >= 4 is 0 Å². The van der Waals surface area contributed by atoms with Crippen LogP contribution in [0, 0.1) is 46.3 Å². The maximum atomic E-state index is 9.96. The summed E-state index contributed by atoms with van der Waals surface area (Å²) < 4.78 is 0. The van der Waals surface area contributed by atoms with Crippen LogP contribution >= 0.6 is 0 Å². The van der Waals surface area contributed by atoms with Crippen molar-refractivity contribution in [2.45, 2.75) is 110 Å². The molecule has 0 aromatic heterocycles. The van der Waals surface area contributed by atoms with Gasteiger partial charge in [0.05, 0.1) is 11.5 Å². The van der Waals surface area contributed by atoms with Crippen LogP contribution in [0.1, 0.15) is 110 Å². The fraction of sp³-hybridized carbons (Fsp3) is 0.958. The molecule has 0 aliphatic heterocycles. The van der Waals surface area contributed by atoms with Crippen molar-refractivity contribution in [3.05, 3.63) is 0 Å². The van der Waals surface area contributed by atoms with Gasteiger partial charge in [-0.2, -0.15) is 5.26 Å². The summed E-state index contributed by atoms with van der Waals surface area (Å²) >= 11 is 0. The average molecular weight is 344 g/mol. The SMILES string of the molecule is CCCCCC[C@@]1(C#N)CCC2C(CCC3C[C@@H](CCC)CCC32)C1. The molecule has 3 saturated carbocycles. The summed E-state index contributed by atoms with van der Waals surface area (Å²) in [6, 6.07) is 2.82. The molecule has 3 fully saturated rings. The van der Waals surface area contributed by atoms with E-state index >= 15 is 0 Å². The summed E-state index contributed by atoms with van der Waals surface area (Å²) in [6.45, 7) is 4.63. The fourth-order valence-corrected chi connectivity index (χ4v) is 6.97. The van der Waals surface area contributed by atoms with Crippen molar-refractivity contribution in [3.8, 4) is 6.07 Å². The molecular weight excluding hydrogens is 302 g/mol. The first-order chi connectivity index (χ1) is 12.2. The van der Waals surface area contributed by atoms with E-state index in [1.807, 2.05) is 0 Å². The number of nitriles is 1. The predicted octanol–water partition coefficient (Wildman–Crippen LogP) is 7.51. The quantitative estimate of drug-likeness (QED) is 0.439. The van der Waals surface area contributed by atoms with Crippen molar-refractivity contribution in [2.75, 3.05) is 0 Å². The third kappa shape index (κ3) is 4.43. The molecule has 0 saturated heterocycles. The summed E-state index contributed by atoms with van der Waals surface area (Å²) in [4.78, 5) is 0. The zero-order chi connectivity index (χ0) is 17.7. The van der Waals surface area contributed by atoms with E-state index in [1.165, 1.54) is 96.3 Å². The Labute approximate surface area is 157 Å². The molecule has 142 valence electrons. The van der Waals surface area contributed by atoms with Gasteiger partial charge in [0.15, 0.2) is 0 Å². The van der Waals surface area contributed by atoms with E-state index in [0.29, 0.717) is 0 Å². The first kappa shape index (κ1) is 19.3. The lowest BCUT2D eigenvalue weighted by Gasteiger charge is -2.52. The lowest BCUT2D eigenvalue weighted by Crippen LogP contribution is -2.44. The lowest BCUT2D eigenvalue weighted by molar-refractivity contribution is -0.0180. The van der Waals surface area contributed by atoms with Crippen LogP contribution in [0.4, 0.5) is 0 Å². The number of hydrogen-bond acceptors (Lipinski definition) is 1. The van der Waals surface area contributed by atoms with Gasteiger partial charge >= 0.3 is 0 Å². The van der Waals surface area contributed by atoms with E-state index < -0.39 is 0 Å². The Hall–Kier alpha value is -0.510. The topological polar surface area (TPSA) is 23.8 Å². The van der Waals surface area contributed by atoms with E-state index in [4.69, 9.17) is 0 Å². The van der Waals surface area contributed by atoms with Gasteiger partial charge in [0.25, 0.3) is 0 Å². The molecule has 3 rings (SSSR count). The average Bonchev–Trinajstić information content (AvgIpc) is 2.65. The highest BCUT2D eigenvalue weighted by Crippen LogP contribution is 2.57. The molecular formula is C24H41N. The zero-order valence-corrected chi connectivity index (χ0v) is 16.9. The first-order valence-electron chi connectivity index (χ1n) is 11.6. The van der Waals surface area contributed by atoms with Crippen molar-refractivity contribution in [1.29, 1.82) is 5.26 Å². The van der Waals surface area contributed by atoms with Crippen molar-refractivity contribution in [3.63, 3.8) is 0 Å². The molecule has 6 atom stereocenters. The normalized spacial score (nSPS) is 40.8. The van der Waals surface area contributed by atoms with Crippen LogP contribution in [0.5, 0.6) is 0 Å². The highest BCUT2D eigenvalue weighted by Gasteiger charge is 2.48. The zero-order valence-electron chi connectivity index (χ0n) is 16.9. The number of rotatable bonds is 7. The predicted molar refractivity (Wildman–Crippen MR) is 106 cm³/mol. The maximum absolute atomic E-state index is 9.96. The Morgan fingerprint density at radius 3 is 2.44 bits per heavy atom. The van der Waals surface area contributed by atoms with Crippen LogP contribution in [0.25, 0.3) is 0 Å². The minimum atomic E-state index is 0.0428. The van der Waals surface area contributed by atoms with Crippen LogP contribution in [-0.2, 0) is 0 Å². The van der Waals surface area contributed by atoms with Crippen molar-refractivity contribution in [1.82, 2.24) is 0 Å². The van der Waals surface area contributed by atoms with Gasteiger partial charge in [-0.3, -0.25) is 0 Å². The third-order valence-corrected chi connectivity index (χ3v) is 8.27. The smallest absolute Gasteiger partial charge is 0.0689 e. The Morgan fingerprint density at radius 1 is 0.880 bits per heavy atom. The Balaban J connectivity index is 1.56. The van der Waals surface area contributed by atoms with Crippen molar-refractivity contribution < 1.29 is 0 Å². The van der Waals surface area contributed by atoms with Crippen LogP contribution in [0.2, 0.25) is 0 Å². The molecule has 4 unspecified atom stereocenters. The van der Waals surface area contributed by atoms with E-state index in [1.54, 1.807) is 0 Å². The van der Waals surface area contributed by atoms with E-state index in [2.05, 4.69) is 19.9 Å². The van der Waals surface area contributed by atoms with Crippen LogP contribution in [0.3, 0.4) is 0 Å². The molecule has 0 aromatic rings. The number of unbranched alkanes of at least 4 members (excludes halogenated alkanes) is 3. The Kier molecular flexibility index (Phi) is 6.87. The number of fused-ring (bicyclic) bond motifs is 3. The molecule has 3 aliphatic carbocycles. The van der Waals surface area contributed by atoms with E-state index in [-0.39, 0.29) is 5.41 Å². The second-order valence-electron chi connectivity index (χ2n) is 9.84. The monoisotopic (exact) mass is 343 g/mol. The van der Waals surface area contributed by atoms with Gasteiger partial charge in [-0.1, -0.05) is 58.8 Å². The van der Waals surface area contributed by atoms with Crippen LogP contribution < -0.4 is 0 Å². The maximum Gasteiger partial charge on any atom is 0.0689 e. The summed E-state index contributed by atoms with van der Waals surface area (Å²) in [5.74, 6) is 4.93. The summed E-state index contributed by atoms with van der Waals surface area (Å²) in [7, 11) is 0. The summed E-state index contributed by atoms with van der Waals surface area (Å²) in [5, 5.41) is 9.96. The standard InChI is InChI=1S/C24H41N/c1-3-5-6-7-14-24(18-25)15-13-23-21(17-24)11-10-20-16-19(8-4-2)9-12-22(20)23/h19-23H,3-17H2,1-2H3/t19-,20?,21?,22?,23?,24+/m0/s1. The van der Waals surface area contributed by atoms with Gasteiger partial charge in [-0.05, 0) is 81.0 Å². The first-order valence-corrected chi connectivity index (χ1v) is 11.6. The molecule has 0 amide bonds. The second-order valence-corrected chi connectivity index (χ2v) is 9.84. The third-order valence-electron chi connectivity index (χ3n) is 8.27. The molecule has 1 heteroatoms. The van der Waals surface area contributed by atoms with Crippen LogP contribution in [0.15, 0.2) is 0 Å². The summed E-state index contributed by atoms with van der Waals surface area (Å²) in [6.07, 6.45) is 20.5. The van der Waals surface area contributed by atoms with Gasteiger partial charge < -0.3 is 0 Å². The van der Waals surface area contributed by atoms with Gasteiger partial charge in [0.2, 0.25) is 0 Å². The minimum absolute atomic E-state index is 0.0428. The highest BCUT2D eigenvalue weighted by atomic mass is 14.5. The Bertz CT molecular complexity index is 450. The van der Waals surface area contributed by atoms with Gasteiger partial charge in [-0.15, -0.1) is 0 Å². The molecule has 0 aromatic carbocycles. The largest absolute Gasteiger partial charge is 0.198 e.